The zero-order valence-electron chi connectivity index (χ0n) is 15.5. The highest BCUT2D eigenvalue weighted by Gasteiger charge is 2.34. The molecule has 0 bridgehead atoms. The number of non-ortho nitro benzene ring substituents is 1. The van der Waals surface area contributed by atoms with Crippen molar-refractivity contribution < 1.29 is 14.1 Å². The number of carbonyl (C=O) groups is 1. The van der Waals surface area contributed by atoms with E-state index in [-0.39, 0.29) is 11.6 Å². The van der Waals surface area contributed by atoms with Crippen LogP contribution in [0.3, 0.4) is 0 Å². The van der Waals surface area contributed by atoms with Gasteiger partial charge >= 0.3 is 0 Å². The van der Waals surface area contributed by atoms with E-state index in [9.17, 15) is 14.9 Å². The second-order valence-electron chi connectivity index (χ2n) is 6.43. The number of furan rings is 1. The van der Waals surface area contributed by atoms with Crippen LogP contribution >= 0.6 is 35.6 Å². The van der Waals surface area contributed by atoms with Crippen LogP contribution < -0.4 is 4.90 Å². The molecular weight excluding hydrogens is 444 g/mol. The molecular formula is C21H13ClN2O4S2. The van der Waals surface area contributed by atoms with Crippen LogP contribution in [0.1, 0.15) is 11.3 Å². The fourth-order valence-corrected chi connectivity index (χ4v) is 4.49. The van der Waals surface area contributed by atoms with Gasteiger partial charge in [0.25, 0.3) is 11.6 Å². The number of carbonyl (C=O) groups excluding carboxylic acids is 1. The summed E-state index contributed by atoms with van der Waals surface area (Å²) in [6.45, 7) is 1.92. The summed E-state index contributed by atoms with van der Waals surface area (Å²) < 4.78 is 6.22. The molecule has 3 aromatic rings. The summed E-state index contributed by atoms with van der Waals surface area (Å²) in [7, 11) is 0. The number of thioether (sulfide) groups is 1. The molecule has 1 aromatic heterocycles. The topological polar surface area (TPSA) is 76.6 Å². The molecule has 1 aliphatic rings. The summed E-state index contributed by atoms with van der Waals surface area (Å²) in [5, 5.41) is 11.4. The van der Waals surface area contributed by atoms with Crippen LogP contribution in [0.5, 0.6) is 0 Å². The zero-order chi connectivity index (χ0) is 21.4. The van der Waals surface area contributed by atoms with Gasteiger partial charge in [-0.1, -0.05) is 53.8 Å². The summed E-state index contributed by atoms with van der Waals surface area (Å²) in [6, 6.07) is 15.0. The van der Waals surface area contributed by atoms with E-state index in [0.717, 1.165) is 11.3 Å². The van der Waals surface area contributed by atoms with Gasteiger partial charge in [-0.05, 0) is 36.8 Å². The van der Waals surface area contributed by atoms with E-state index in [1.807, 2.05) is 31.2 Å². The van der Waals surface area contributed by atoms with Crippen LogP contribution in [0.2, 0.25) is 5.02 Å². The summed E-state index contributed by atoms with van der Waals surface area (Å²) in [5.41, 5.74) is 1.99. The fourth-order valence-electron chi connectivity index (χ4n) is 3.01. The average molecular weight is 457 g/mol. The monoisotopic (exact) mass is 456 g/mol. The molecule has 2 heterocycles. The molecule has 0 radical (unpaired) electrons. The molecule has 1 saturated heterocycles. The van der Waals surface area contributed by atoms with Gasteiger partial charge in [0.05, 0.1) is 20.5 Å². The lowest BCUT2D eigenvalue weighted by atomic mass is 10.1. The van der Waals surface area contributed by atoms with Gasteiger partial charge in [0.1, 0.15) is 11.5 Å². The first-order valence-electron chi connectivity index (χ1n) is 8.73. The minimum Gasteiger partial charge on any atom is -0.457 e. The predicted octanol–water partition coefficient (Wildman–Crippen LogP) is 6.22. The largest absolute Gasteiger partial charge is 0.457 e. The molecule has 2 aromatic carbocycles. The van der Waals surface area contributed by atoms with Crippen molar-refractivity contribution in [2.24, 2.45) is 0 Å². The van der Waals surface area contributed by atoms with Crippen LogP contribution in [0.25, 0.3) is 17.4 Å². The van der Waals surface area contributed by atoms with Crippen LogP contribution in [0.15, 0.2) is 63.9 Å². The first kappa shape index (κ1) is 20.3. The molecule has 4 rings (SSSR count). The first-order chi connectivity index (χ1) is 14.3. The molecule has 0 atom stereocenters. The van der Waals surface area contributed by atoms with Gasteiger partial charge in [-0.3, -0.25) is 19.8 Å². The molecule has 0 N–H and O–H groups in total. The van der Waals surface area contributed by atoms with Gasteiger partial charge in [-0.15, -0.1) is 0 Å². The standard InChI is InChI=1S/C21H13ClN2O4S2/c1-12-4-2-3-5-17(12)23-20(25)19(30-21(23)29)11-14-7-9-18(28-14)15-10-13(24(26)27)6-8-16(15)22/h2-11H,1H3/b19-11-. The second-order valence-corrected chi connectivity index (χ2v) is 8.51. The van der Waals surface area contributed by atoms with Gasteiger partial charge in [0, 0.05) is 23.8 Å². The number of hydrogen-bond acceptors (Lipinski definition) is 6. The van der Waals surface area contributed by atoms with Gasteiger partial charge in [-0.25, -0.2) is 0 Å². The maximum absolute atomic E-state index is 12.9. The Balaban J connectivity index is 1.65. The molecule has 0 unspecified atom stereocenters. The van der Waals surface area contributed by atoms with Crippen molar-refractivity contribution in [1.82, 2.24) is 0 Å². The summed E-state index contributed by atoms with van der Waals surface area (Å²) in [4.78, 5) is 25.4. The minimum atomic E-state index is -0.499. The van der Waals surface area contributed by atoms with Crippen molar-refractivity contribution in [2.75, 3.05) is 4.90 Å². The number of anilines is 1. The highest BCUT2D eigenvalue weighted by atomic mass is 35.5. The predicted molar refractivity (Wildman–Crippen MR) is 123 cm³/mol. The average Bonchev–Trinajstić information content (AvgIpc) is 3.27. The maximum atomic E-state index is 12.9. The van der Waals surface area contributed by atoms with Crippen molar-refractivity contribution in [3.8, 4) is 11.3 Å². The smallest absolute Gasteiger partial charge is 0.270 e. The number of hydrogen-bond donors (Lipinski definition) is 0. The maximum Gasteiger partial charge on any atom is 0.270 e. The van der Waals surface area contributed by atoms with Crippen LogP contribution in [-0.2, 0) is 4.79 Å². The number of nitrogens with zero attached hydrogens (tertiary/aromatic N) is 2. The van der Waals surface area contributed by atoms with Crippen LogP contribution in [0.4, 0.5) is 11.4 Å². The number of rotatable bonds is 4. The number of thiocarbonyl (C=S) groups is 1. The fraction of sp³-hybridized carbons (Fsp3) is 0.0476. The molecule has 0 spiro atoms. The SMILES string of the molecule is Cc1ccccc1N1C(=O)/C(=C/c2ccc(-c3cc([N+](=O)[O-])ccc3Cl)o2)SC1=S. The molecule has 0 aliphatic carbocycles. The zero-order valence-corrected chi connectivity index (χ0v) is 17.9. The normalized spacial score (nSPS) is 15.3. The van der Waals surface area contributed by atoms with Crippen LogP contribution in [-0.4, -0.2) is 15.2 Å². The lowest BCUT2D eigenvalue weighted by Crippen LogP contribution is -2.28. The lowest BCUT2D eigenvalue weighted by molar-refractivity contribution is -0.384. The van der Waals surface area contributed by atoms with Gasteiger partial charge in [-0.2, -0.15) is 0 Å². The van der Waals surface area contributed by atoms with Crippen molar-refractivity contribution >= 4 is 63.3 Å². The van der Waals surface area contributed by atoms with Crippen molar-refractivity contribution in [3.63, 3.8) is 0 Å². The lowest BCUT2D eigenvalue weighted by Gasteiger charge is -2.16. The number of benzene rings is 2. The molecule has 6 nitrogen and oxygen atoms in total. The van der Waals surface area contributed by atoms with E-state index >= 15 is 0 Å². The Labute approximate surface area is 186 Å². The summed E-state index contributed by atoms with van der Waals surface area (Å²) in [5.74, 6) is 0.549. The van der Waals surface area contributed by atoms with E-state index in [0.29, 0.717) is 31.3 Å². The van der Waals surface area contributed by atoms with Gasteiger partial charge in [0.2, 0.25) is 0 Å². The number of para-hydroxylation sites is 1. The van der Waals surface area contributed by atoms with Crippen molar-refractivity contribution in [2.45, 2.75) is 6.92 Å². The summed E-state index contributed by atoms with van der Waals surface area (Å²) >= 11 is 12.8. The number of nitro groups is 1. The van der Waals surface area contributed by atoms with E-state index in [1.165, 1.54) is 34.9 Å². The highest BCUT2D eigenvalue weighted by Crippen LogP contribution is 2.38. The molecule has 1 fully saturated rings. The summed E-state index contributed by atoms with van der Waals surface area (Å²) in [6.07, 6.45) is 1.60. The first-order valence-corrected chi connectivity index (χ1v) is 10.3. The van der Waals surface area contributed by atoms with E-state index < -0.39 is 4.92 Å². The molecule has 30 heavy (non-hydrogen) atoms. The van der Waals surface area contributed by atoms with Crippen LogP contribution in [0, 0.1) is 17.0 Å². The third-order valence-corrected chi connectivity index (χ3v) is 6.11. The van der Waals surface area contributed by atoms with E-state index in [2.05, 4.69) is 0 Å². The third-order valence-electron chi connectivity index (χ3n) is 4.48. The van der Waals surface area contributed by atoms with Crippen molar-refractivity contribution in [3.05, 3.63) is 86.0 Å². The van der Waals surface area contributed by atoms with Crippen molar-refractivity contribution in [1.29, 1.82) is 0 Å². The Bertz CT molecular complexity index is 1240. The quantitative estimate of drug-likeness (QED) is 0.201. The Morgan fingerprint density at radius 1 is 1.20 bits per heavy atom. The Morgan fingerprint density at radius 2 is 1.97 bits per heavy atom. The van der Waals surface area contributed by atoms with Gasteiger partial charge < -0.3 is 4.42 Å². The number of amides is 1. The number of nitro benzene ring substituents is 1. The molecule has 9 heteroatoms. The van der Waals surface area contributed by atoms with Gasteiger partial charge in [0.15, 0.2) is 4.32 Å². The third kappa shape index (κ3) is 3.77. The molecule has 1 aliphatic heterocycles. The Hall–Kier alpha value is -2.94. The van der Waals surface area contributed by atoms with E-state index in [1.54, 1.807) is 18.2 Å². The van der Waals surface area contributed by atoms with E-state index in [4.69, 9.17) is 28.2 Å². The molecule has 150 valence electrons. The Kier molecular flexibility index (Phi) is 5.46. The minimum absolute atomic E-state index is 0.0912. The second kappa shape index (κ2) is 8.06. The molecule has 0 saturated carbocycles. The number of halogens is 1. The highest BCUT2D eigenvalue weighted by molar-refractivity contribution is 8.27. The Morgan fingerprint density at radius 3 is 2.70 bits per heavy atom. The number of aryl methyl sites for hydroxylation is 1. The molecule has 1 amide bonds.